The maximum Gasteiger partial charge on any atom is 0.224 e. The van der Waals surface area contributed by atoms with Crippen molar-refractivity contribution in [3.8, 4) is 0 Å². The molecule has 2 unspecified atom stereocenters. The summed E-state index contributed by atoms with van der Waals surface area (Å²) in [6.45, 7) is 2.88. The molecule has 2 nitrogen and oxygen atoms in total. The van der Waals surface area contributed by atoms with Crippen LogP contribution in [0.25, 0.3) is 0 Å². The molecular formula is C15H20BrNO. The van der Waals surface area contributed by atoms with Gasteiger partial charge in [0.1, 0.15) is 0 Å². The SMILES string of the molecule is Cc1ccc(CC(=O)NCC2CCC(Br)C2)cc1. The highest BCUT2D eigenvalue weighted by Crippen LogP contribution is 2.29. The summed E-state index contributed by atoms with van der Waals surface area (Å²) in [6, 6.07) is 8.15. The number of nitrogens with one attached hydrogen (secondary N) is 1. The van der Waals surface area contributed by atoms with Gasteiger partial charge in [-0.2, -0.15) is 0 Å². The number of benzene rings is 1. The van der Waals surface area contributed by atoms with Gasteiger partial charge in [0.15, 0.2) is 0 Å². The molecule has 1 aromatic carbocycles. The van der Waals surface area contributed by atoms with E-state index in [9.17, 15) is 4.79 Å². The molecule has 1 aliphatic rings. The summed E-state index contributed by atoms with van der Waals surface area (Å²) in [4.78, 5) is 12.5. The van der Waals surface area contributed by atoms with Crippen molar-refractivity contribution in [2.45, 2.75) is 37.4 Å². The molecular weight excluding hydrogens is 290 g/mol. The quantitative estimate of drug-likeness (QED) is 0.850. The summed E-state index contributed by atoms with van der Waals surface area (Å²) in [6.07, 6.45) is 4.13. The van der Waals surface area contributed by atoms with Gasteiger partial charge in [-0.3, -0.25) is 4.79 Å². The minimum Gasteiger partial charge on any atom is -0.356 e. The van der Waals surface area contributed by atoms with Crippen LogP contribution in [0.5, 0.6) is 0 Å². The third-order valence-corrected chi connectivity index (χ3v) is 4.38. The fraction of sp³-hybridized carbons (Fsp3) is 0.533. The third-order valence-electron chi connectivity index (χ3n) is 3.55. The Balaban J connectivity index is 1.73. The number of aryl methyl sites for hydroxylation is 1. The highest BCUT2D eigenvalue weighted by Gasteiger charge is 2.22. The second-order valence-electron chi connectivity index (χ2n) is 5.24. The number of carbonyl (C=O) groups excluding carboxylic acids is 1. The number of hydrogen-bond acceptors (Lipinski definition) is 1. The number of amides is 1. The smallest absolute Gasteiger partial charge is 0.224 e. The Hall–Kier alpha value is -0.830. The minimum atomic E-state index is 0.136. The minimum absolute atomic E-state index is 0.136. The molecule has 1 aromatic rings. The van der Waals surface area contributed by atoms with Crippen LogP contribution in [0.2, 0.25) is 0 Å². The van der Waals surface area contributed by atoms with Crippen LogP contribution < -0.4 is 5.32 Å². The van der Waals surface area contributed by atoms with E-state index < -0.39 is 0 Å². The van der Waals surface area contributed by atoms with E-state index in [0.717, 1.165) is 12.1 Å². The van der Waals surface area contributed by atoms with Crippen LogP contribution in [-0.4, -0.2) is 17.3 Å². The molecule has 0 aromatic heterocycles. The highest BCUT2D eigenvalue weighted by molar-refractivity contribution is 9.09. The van der Waals surface area contributed by atoms with Crippen LogP contribution in [0.15, 0.2) is 24.3 Å². The Morgan fingerprint density at radius 1 is 1.33 bits per heavy atom. The van der Waals surface area contributed by atoms with Crippen molar-refractivity contribution in [1.82, 2.24) is 5.32 Å². The molecule has 0 bridgehead atoms. The zero-order chi connectivity index (χ0) is 13.0. The molecule has 1 aliphatic carbocycles. The third kappa shape index (κ3) is 4.13. The zero-order valence-electron chi connectivity index (χ0n) is 10.8. The van der Waals surface area contributed by atoms with Gasteiger partial charge in [-0.15, -0.1) is 0 Å². The Morgan fingerprint density at radius 3 is 2.67 bits per heavy atom. The first-order valence-electron chi connectivity index (χ1n) is 6.60. The molecule has 1 saturated carbocycles. The fourth-order valence-electron chi connectivity index (χ4n) is 2.41. The molecule has 1 fully saturated rings. The molecule has 0 saturated heterocycles. The number of hydrogen-bond donors (Lipinski definition) is 1. The molecule has 0 radical (unpaired) electrons. The van der Waals surface area contributed by atoms with Gasteiger partial charge >= 0.3 is 0 Å². The Morgan fingerprint density at radius 2 is 2.06 bits per heavy atom. The van der Waals surface area contributed by atoms with Gasteiger partial charge < -0.3 is 5.32 Å². The maximum absolute atomic E-state index is 11.8. The molecule has 2 rings (SSSR count). The van der Waals surface area contributed by atoms with E-state index in [1.165, 1.54) is 24.8 Å². The lowest BCUT2D eigenvalue weighted by atomic mass is 10.1. The summed E-state index contributed by atoms with van der Waals surface area (Å²) in [7, 11) is 0. The molecule has 2 atom stereocenters. The van der Waals surface area contributed by atoms with Gasteiger partial charge in [-0.25, -0.2) is 0 Å². The van der Waals surface area contributed by atoms with Crippen LogP contribution in [0, 0.1) is 12.8 Å². The van der Waals surface area contributed by atoms with Gasteiger partial charge in [0, 0.05) is 11.4 Å². The monoisotopic (exact) mass is 309 g/mol. The topological polar surface area (TPSA) is 29.1 Å². The van der Waals surface area contributed by atoms with E-state index in [4.69, 9.17) is 0 Å². The van der Waals surface area contributed by atoms with Crippen molar-refractivity contribution >= 4 is 21.8 Å². The summed E-state index contributed by atoms with van der Waals surface area (Å²) in [5.74, 6) is 0.785. The first-order chi connectivity index (χ1) is 8.63. The van der Waals surface area contributed by atoms with Crippen LogP contribution in [0.4, 0.5) is 0 Å². The van der Waals surface area contributed by atoms with E-state index in [1.54, 1.807) is 0 Å². The van der Waals surface area contributed by atoms with Gasteiger partial charge in [0.05, 0.1) is 6.42 Å². The van der Waals surface area contributed by atoms with E-state index in [2.05, 4.69) is 40.3 Å². The Labute approximate surface area is 117 Å². The zero-order valence-corrected chi connectivity index (χ0v) is 12.4. The molecule has 18 heavy (non-hydrogen) atoms. The van der Waals surface area contributed by atoms with Crippen LogP contribution in [0.3, 0.4) is 0 Å². The second kappa shape index (κ2) is 6.37. The van der Waals surface area contributed by atoms with Crippen molar-refractivity contribution < 1.29 is 4.79 Å². The van der Waals surface area contributed by atoms with Gasteiger partial charge in [0.2, 0.25) is 5.91 Å². The number of halogens is 1. The fourth-order valence-corrected chi connectivity index (χ4v) is 3.20. The van der Waals surface area contributed by atoms with Crippen LogP contribution in [-0.2, 0) is 11.2 Å². The van der Waals surface area contributed by atoms with Crippen molar-refractivity contribution in [2.75, 3.05) is 6.54 Å². The Kier molecular flexibility index (Phi) is 4.81. The number of rotatable bonds is 4. The van der Waals surface area contributed by atoms with Gasteiger partial charge in [0.25, 0.3) is 0 Å². The molecule has 1 amide bonds. The first-order valence-corrected chi connectivity index (χ1v) is 7.51. The molecule has 1 N–H and O–H groups in total. The molecule has 3 heteroatoms. The molecule has 0 spiro atoms. The predicted octanol–water partition coefficient (Wildman–Crippen LogP) is 3.22. The van der Waals surface area contributed by atoms with Crippen molar-refractivity contribution in [2.24, 2.45) is 5.92 Å². The lowest BCUT2D eigenvalue weighted by Crippen LogP contribution is -2.29. The summed E-state index contributed by atoms with van der Waals surface area (Å²) in [5.41, 5.74) is 2.32. The van der Waals surface area contributed by atoms with Gasteiger partial charge in [-0.1, -0.05) is 45.8 Å². The summed E-state index contributed by atoms with van der Waals surface area (Å²) < 4.78 is 0. The van der Waals surface area contributed by atoms with E-state index >= 15 is 0 Å². The van der Waals surface area contributed by atoms with Crippen molar-refractivity contribution in [3.63, 3.8) is 0 Å². The molecule has 0 heterocycles. The predicted molar refractivity (Wildman–Crippen MR) is 77.9 cm³/mol. The van der Waals surface area contributed by atoms with Crippen LogP contribution in [0.1, 0.15) is 30.4 Å². The first kappa shape index (κ1) is 13.6. The average Bonchev–Trinajstić information content (AvgIpc) is 2.76. The highest BCUT2D eigenvalue weighted by atomic mass is 79.9. The number of alkyl halides is 1. The lowest BCUT2D eigenvalue weighted by molar-refractivity contribution is -0.120. The maximum atomic E-state index is 11.8. The largest absolute Gasteiger partial charge is 0.356 e. The standard InChI is InChI=1S/C15H20BrNO/c1-11-2-4-12(5-3-11)9-15(18)17-10-13-6-7-14(16)8-13/h2-5,13-14H,6-10H2,1H3,(H,17,18). The molecule has 0 aliphatic heterocycles. The van der Waals surface area contributed by atoms with E-state index in [1.807, 2.05) is 12.1 Å². The van der Waals surface area contributed by atoms with Crippen LogP contribution >= 0.6 is 15.9 Å². The summed E-state index contributed by atoms with van der Waals surface area (Å²) in [5, 5.41) is 3.05. The number of carbonyl (C=O) groups is 1. The normalized spacial score (nSPS) is 23.0. The average molecular weight is 310 g/mol. The summed E-state index contributed by atoms with van der Waals surface area (Å²) >= 11 is 3.63. The van der Waals surface area contributed by atoms with Crippen molar-refractivity contribution in [3.05, 3.63) is 35.4 Å². The van der Waals surface area contributed by atoms with E-state index in [-0.39, 0.29) is 5.91 Å². The van der Waals surface area contributed by atoms with Gasteiger partial charge in [-0.05, 0) is 37.7 Å². The molecule has 98 valence electrons. The lowest BCUT2D eigenvalue weighted by Gasteiger charge is -2.11. The van der Waals surface area contributed by atoms with Crippen molar-refractivity contribution in [1.29, 1.82) is 0 Å². The Bertz CT molecular complexity index is 401. The second-order valence-corrected chi connectivity index (χ2v) is 6.54. The van der Waals surface area contributed by atoms with E-state index in [0.29, 0.717) is 17.2 Å².